The Labute approximate surface area is 151 Å². The van der Waals surface area contributed by atoms with E-state index in [2.05, 4.69) is 20.3 Å². The highest BCUT2D eigenvalue weighted by molar-refractivity contribution is 6.01. The average molecular weight is 377 g/mol. The van der Waals surface area contributed by atoms with Crippen molar-refractivity contribution in [3.8, 4) is 0 Å². The molecule has 2 aromatic heterocycles. The van der Waals surface area contributed by atoms with Crippen molar-refractivity contribution in [1.82, 2.24) is 19.5 Å². The van der Waals surface area contributed by atoms with Crippen LogP contribution < -0.4 is 5.32 Å². The Kier molecular flexibility index (Phi) is 5.17. The van der Waals surface area contributed by atoms with Gasteiger partial charge in [-0.15, -0.1) is 0 Å². The lowest BCUT2D eigenvalue weighted by Gasteiger charge is -2.09. The summed E-state index contributed by atoms with van der Waals surface area (Å²) in [5, 5.41) is 11.4. The number of aliphatic hydroxyl groups excluding tert-OH is 1. The molecule has 0 aliphatic rings. The third kappa shape index (κ3) is 4.67. The summed E-state index contributed by atoms with van der Waals surface area (Å²) in [7, 11) is 0. The SMILES string of the molecule is O=C(Nc1cn(Cc2cccc(C(F)(F)F)c2)cn1)c1cnc(CO)cn1. The number of carbonyl (C=O) groups excluding carboxylic acids is 1. The van der Waals surface area contributed by atoms with Crippen molar-refractivity contribution in [2.75, 3.05) is 5.32 Å². The number of carbonyl (C=O) groups is 1. The van der Waals surface area contributed by atoms with E-state index in [0.29, 0.717) is 11.3 Å². The van der Waals surface area contributed by atoms with Crippen molar-refractivity contribution in [3.05, 3.63) is 71.7 Å². The number of aliphatic hydroxyl groups is 1. The molecule has 0 atom stereocenters. The van der Waals surface area contributed by atoms with Gasteiger partial charge in [-0.2, -0.15) is 13.2 Å². The molecule has 0 aliphatic carbocycles. The zero-order valence-corrected chi connectivity index (χ0v) is 13.8. The van der Waals surface area contributed by atoms with Crippen molar-refractivity contribution >= 4 is 11.7 Å². The summed E-state index contributed by atoms with van der Waals surface area (Å²) in [6.07, 6.45) is 0.989. The number of benzene rings is 1. The highest BCUT2D eigenvalue weighted by Crippen LogP contribution is 2.29. The van der Waals surface area contributed by atoms with Crippen molar-refractivity contribution in [1.29, 1.82) is 0 Å². The third-order valence-electron chi connectivity index (χ3n) is 3.59. The molecular weight excluding hydrogens is 363 g/mol. The summed E-state index contributed by atoms with van der Waals surface area (Å²) in [6.45, 7) is -0.118. The lowest BCUT2D eigenvalue weighted by molar-refractivity contribution is -0.137. The van der Waals surface area contributed by atoms with Crippen LogP contribution in [-0.4, -0.2) is 30.5 Å². The first-order valence-corrected chi connectivity index (χ1v) is 7.76. The number of hydrogen-bond acceptors (Lipinski definition) is 5. The number of nitrogens with zero attached hydrogens (tertiary/aromatic N) is 4. The molecule has 0 aliphatic heterocycles. The summed E-state index contributed by atoms with van der Waals surface area (Å²) in [4.78, 5) is 23.8. The molecule has 3 rings (SSSR count). The first-order chi connectivity index (χ1) is 12.8. The van der Waals surface area contributed by atoms with Crippen LogP contribution >= 0.6 is 0 Å². The molecule has 0 spiro atoms. The van der Waals surface area contributed by atoms with Gasteiger partial charge in [-0.05, 0) is 17.7 Å². The van der Waals surface area contributed by atoms with Gasteiger partial charge in [-0.3, -0.25) is 9.78 Å². The van der Waals surface area contributed by atoms with E-state index in [-0.39, 0.29) is 24.7 Å². The van der Waals surface area contributed by atoms with E-state index in [0.717, 1.165) is 12.1 Å². The summed E-state index contributed by atoms with van der Waals surface area (Å²) >= 11 is 0. The van der Waals surface area contributed by atoms with Gasteiger partial charge < -0.3 is 15.0 Å². The van der Waals surface area contributed by atoms with Crippen LogP contribution in [0.4, 0.5) is 19.0 Å². The molecule has 140 valence electrons. The van der Waals surface area contributed by atoms with Crippen molar-refractivity contribution in [3.63, 3.8) is 0 Å². The molecule has 1 amide bonds. The maximum atomic E-state index is 12.8. The Morgan fingerprint density at radius 3 is 2.67 bits per heavy atom. The molecule has 1 aromatic carbocycles. The van der Waals surface area contributed by atoms with Gasteiger partial charge in [-0.25, -0.2) is 9.97 Å². The fourth-order valence-electron chi connectivity index (χ4n) is 2.30. The average Bonchev–Trinajstić information content (AvgIpc) is 3.08. The lowest BCUT2D eigenvalue weighted by Crippen LogP contribution is -2.14. The van der Waals surface area contributed by atoms with Gasteiger partial charge in [0.15, 0.2) is 5.82 Å². The minimum absolute atomic E-state index is 0.0413. The van der Waals surface area contributed by atoms with Crippen molar-refractivity contribution in [2.24, 2.45) is 0 Å². The van der Waals surface area contributed by atoms with Gasteiger partial charge in [0.2, 0.25) is 0 Å². The molecule has 7 nitrogen and oxygen atoms in total. The Bertz CT molecular complexity index is 938. The number of aromatic nitrogens is 4. The Hall–Kier alpha value is -3.27. The van der Waals surface area contributed by atoms with Crippen LogP contribution in [0.1, 0.15) is 27.3 Å². The van der Waals surface area contributed by atoms with Gasteiger partial charge in [0.25, 0.3) is 5.91 Å². The van der Waals surface area contributed by atoms with Gasteiger partial charge in [0.1, 0.15) is 5.69 Å². The van der Waals surface area contributed by atoms with Gasteiger partial charge in [0.05, 0.1) is 36.6 Å². The molecule has 10 heteroatoms. The van der Waals surface area contributed by atoms with Crippen LogP contribution in [0.15, 0.2) is 49.2 Å². The van der Waals surface area contributed by atoms with Crippen LogP contribution in [0.2, 0.25) is 0 Å². The molecule has 0 fully saturated rings. The minimum Gasteiger partial charge on any atom is -0.390 e. The Morgan fingerprint density at radius 2 is 2.00 bits per heavy atom. The largest absolute Gasteiger partial charge is 0.416 e. The number of halogens is 3. The van der Waals surface area contributed by atoms with E-state index in [1.165, 1.54) is 31.0 Å². The molecule has 0 radical (unpaired) electrons. The quantitative estimate of drug-likeness (QED) is 0.713. The number of amides is 1. The number of hydrogen-bond donors (Lipinski definition) is 2. The molecule has 0 bridgehead atoms. The number of rotatable bonds is 5. The second-order valence-electron chi connectivity index (χ2n) is 5.63. The topological polar surface area (TPSA) is 92.9 Å². The van der Waals surface area contributed by atoms with E-state index in [1.807, 2.05) is 0 Å². The van der Waals surface area contributed by atoms with Crippen molar-refractivity contribution in [2.45, 2.75) is 19.3 Å². The molecule has 2 N–H and O–H groups in total. The maximum Gasteiger partial charge on any atom is 0.416 e. The fourth-order valence-corrected chi connectivity index (χ4v) is 2.30. The first kappa shape index (κ1) is 18.5. The van der Waals surface area contributed by atoms with Crippen LogP contribution in [0, 0.1) is 0 Å². The number of imidazole rings is 1. The minimum atomic E-state index is -4.41. The second-order valence-corrected chi connectivity index (χ2v) is 5.63. The Morgan fingerprint density at radius 1 is 1.19 bits per heavy atom. The standard InChI is InChI=1S/C17H14F3N5O2/c18-17(19,20)12-3-1-2-11(4-12)7-25-8-15(23-10-25)24-16(27)14-6-21-13(9-26)5-22-14/h1-6,8,10,26H,7,9H2,(H,24,27). The number of alkyl halides is 3. The summed E-state index contributed by atoms with van der Waals surface area (Å²) in [5.41, 5.74) is 0.0978. The fraction of sp³-hybridized carbons (Fsp3) is 0.176. The van der Waals surface area contributed by atoms with E-state index in [9.17, 15) is 18.0 Å². The van der Waals surface area contributed by atoms with E-state index < -0.39 is 17.6 Å². The molecule has 27 heavy (non-hydrogen) atoms. The monoisotopic (exact) mass is 377 g/mol. The summed E-state index contributed by atoms with van der Waals surface area (Å²) in [5.74, 6) is -0.323. The van der Waals surface area contributed by atoms with Crippen LogP contribution in [0.25, 0.3) is 0 Å². The molecule has 3 aromatic rings. The zero-order valence-electron chi connectivity index (χ0n) is 13.8. The maximum absolute atomic E-state index is 12.8. The highest BCUT2D eigenvalue weighted by Gasteiger charge is 2.30. The smallest absolute Gasteiger partial charge is 0.390 e. The van der Waals surface area contributed by atoms with Crippen LogP contribution in [0.5, 0.6) is 0 Å². The van der Waals surface area contributed by atoms with E-state index in [4.69, 9.17) is 5.11 Å². The first-order valence-electron chi connectivity index (χ1n) is 7.76. The zero-order chi connectivity index (χ0) is 19.4. The molecular formula is C17H14F3N5O2. The van der Waals surface area contributed by atoms with E-state index in [1.54, 1.807) is 10.6 Å². The normalized spacial score (nSPS) is 11.4. The lowest BCUT2D eigenvalue weighted by atomic mass is 10.1. The molecule has 0 saturated heterocycles. The highest BCUT2D eigenvalue weighted by atomic mass is 19.4. The summed E-state index contributed by atoms with van der Waals surface area (Å²) in [6, 6.07) is 4.99. The second kappa shape index (κ2) is 7.54. The van der Waals surface area contributed by atoms with Gasteiger partial charge >= 0.3 is 6.18 Å². The molecule has 0 unspecified atom stereocenters. The predicted octanol–water partition coefficient (Wildman–Crippen LogP) is 2.48. The van der Waals surface area contributed by atoms with Crippen LogP contribution in [0.3, 0.4) is 0 Å². The molecule has 0 saturated carbocycles. The van der Waals surface area contributed by atoms with Crippen LogP contribution in [-0.2, 0) is 19.3 Å². The number of nitrogens with one attached hydrogen (secondary N) is 1. The third-order valence-corrected chi connectivity index (χ3v) is 3.59. The van der Waals surface area contributed by atoms with Crippen molar-refractivity contribution < 1.29 is 23.1 Å². The van der Waals surface area contributed by atoms with Gasteiger partial charge in [-0.1, -0.05) is 12.1 Å². The van der Waals surface area contributed by atoms with E-state index >= 15 is 0 Å². The Balaban J connectivity index is 1.67. The molecule has 2 heterocycles. The number of anilines is 1. The predicted molar refractivity (Wildman–Crippen MR) is 88.7 cm³/mol. The van der Waals surface area contributed by atoms with Gasteiger partial charge in [0, 0.05) is 12.7 Å². The summed E-state index contributed by atoms with van der Waals surface area (Å²) < 4.78 is 39.9.